The highest BCUT2D eigenvalue weighted by Crippen LogP contribution is 2.46. The van der Waals surface area contributed by atoms with Crippen LogP contribution >= 0.6 is 24.0 Å². The highest BCUT2D eigenvalue weighted by molar-refractivity contribution is 14.0. The Labute approximate surface area is 177 Å². The monoisotopic (exact) mass is 472 g/mol. The summed E-state index contributed by atoms with van der Waals surface area (Å²) in [6, 6.07) is 11.3. The number of halogens is 1. The van der Waals surface area contributed by atoms with Gasteiger partial charge in [-0.15, -0.1) is 24.0 Å². The van der Waals surface area contributed by atoms with Crippen LogP contribution in [0.25, 0.3) is 0 Å². The van der Waals surface area contributed by atoms with Crippen LogP contribution in [0.5, 0.6) is 0 Å². The van der Waals surface area contributed by atoms with Crippen molar-refractivity contribution in [3.8, 4) is 0 Å². The van der Waals surface area contributed by atoms with Gasteiger partial charge in [0.25, 0.3) is 0 Å². The minimum atomic E-state index is 0. The number of rotatable bonds is 10. The van der Waals surface area contributed by atoms with Crippen LogP contribution in [-0.4, -0.2) is 50.1 Å². The van der Waals surface area contributed by atoms with E-state index in [1.165, 1.54) is 31.4 Å². The van der Waals surface area contributed by atoms with Crippen molar-refractivity contribution in [3.63, 3.8) is 0 Å². The maximum Gasteiger partial charge on any atom is 0.191 e. The van der Waals surface area contributed by atoms with Gasteiger partial charge in [0.05, 0.1) is 0 Å². The van der Waals surface area contributed by atoms with E-state index >= 15 is 0 Å². The van der Waals surface area contributed by atoms with Gasteiger partial charge in [-0.25, -0.2) is 0 Å². The van der Waals surface area contributed by atoms with Gasteiger partial charge in [-0.2, -0.15) is 0 Å². The Morgan fingerprint density at radius 1 is 1.23 bits per heavy atom. The second-order valence-corrected chi connectivity index (χ2v) is 7.18. The van der Waals surface area contributed by atoms with Gasteiger partial charge >= 0.3 is 0 Å². The summed E-state index contributed by atoms with van der Waals surface area (Å²) in [4.78, 5) is 6.87. The molecule has 0 heterocycles. The predicted octanol–water partition coefficient (Wildman–Crippen LogP) is 4.08. The van der Waals surface area contributed by atoms with Gasteiger partial charge in [-0.1, -0.05) is 44.2 Å². The lowest BCUT2D eigenvalue weighted by molar-refractivity contribution is 0.292. The quantitative estimate of drug-likeness (QED) is 0.306. The first-order valence-electron chi connectivity index (χ1n) is 9.92. The van der Waals surface area contributed by atoms with Crippen LogP contribution in [0.2, 0.25) is 0 Å². The first-order valence-corrected chi connectivity index (χ1v) is 9.92. The molecule has 3 atom stereocenters. The van der Waals surface area contributed by atoms with Crippen molar-refractivity contribution in [1.82, 2.24) is 15.5 Å². The fraction of sp³-hybridized carbons (Fsp3) is 0.667. The molecule has 26 heavy (non-hydrogen) atoms. The highest BCUT2D eigenvalue weighted by Gasteiger charge is 2.37. The highest BCUT2D eigenvalue weighted by atomic mass is 127. The molecule has 148 valence electrons. The number of guanidine groups is 1. The zero-order valence-electron chi connectivity index (χ0n) is 16.9. The molecule has 4 nitrogen and oxygen atoms in total. The van der Waals surface area contributed by atoms with Crippen molar-refractivity contribution in [2.75, 3.05) is 33.2 Å². The van der Waals surface area contributed by atoms with Crippen molar-refractivity contribution >= 4 is 29.9 Å². The first kappa shape index (κ1) is 23.2. The molecule has 2 N–H and O–H groups in total. The average Bonchev–Trinajstić information content (AvgIpc) is 3.42. The van der Waals surface area contributed by atoms with Gasteiger partial charge in [-0.05, 0) is 63.2 Å². The van der Waals surface area contributed by atoms with Crippen LogP contribution in [-0.2, 0) is 0 Å². The van der Waals surface area contributed by atoms with Crippen LogP contribution in [0.1, 0.15) is 51.5 Å². The smallest absolute Gasteiger partial charge is 0.191 e. The molecule has 0 radical (unpaired) electrons. The first-order chi connectivity index (χ1) is 12.2. The van der Waals surface area contributed by atoms with Gasteiger partial charge in [-0.3, -0.25) is 4.99 Å². The molecule has 1 aliphatic rings. The Balaban J connectivity index is 0.00000338. The van der Waals surface area contributed by atoms with E-state index in [1.807, 2.05) is 7.05 Å². The molecule has 1 aromatic rings. The summed E-state index contributed by atoms with van der Waals surface area (Å²) in [5.74, 6) is 2.39. The molecule has 0 spiro atoms. The van der Waals surface area contributed by atoms with E-state index in [4.69, 9.17) is 0 Å². The lowest BCUT2D eigenvalue weighted by Crippen LogP contribution is -2.43. The summed E-state index contributed by atoms with van der Waals surface area (Å²) >= 11 is 0. The molecule has 1 aliphatic carbocycles. The number of benzene rings is 1. The topological polar surface area (TPSA) is 39.7 Å². The largest absolute Gasteiger partial charge is 0.356 e. The average molecular weight is 472 g/mol. The minimum absolute atomic E-state index is 0. The molecular weight excluding hydrogens is 435 g/mol. The van der Waals surface area contributed by atoms with Crippen molar-refractivity contribution < 1.29 is 0 Å². The summed E-state index contributed by atoms with van der Waals surface area (Å²) in [5, 5.41) is 7.05. The predicted molar refractivity (Wildman–Crippen MR) is 124 cm³/mol. The summed E-state index contributed by atoms with van der Waals surface area (Å²) < 4.78 is 0. The van der Waals surface area contributed by atoms with Crippen molar-refractivity contribution in [3.05, 3.63) is 35.9 Å². The maximum absolute atomic E-state index is 4.39. The maximum atomic E-state index is 4.39. The number of nitrogens with one attached hydrogen (secondary N) is 2. The molecule has 0 bridgehead atoms. The fourth-order valence-corrected chi connectivity index (χ4v) is 3.47. The standard InChI is InChI=1S/C21H36N4.HI/c1-5-25(6-2)14-10-11-17(3)24-21(22-4)23-16-19-15-20(19)18-12-8-7-9-13-18;/h7-9,12-13,17,19-20H,5-6,10-11,14-16H2,1-4H3,(H2,22,23,24);1H. The molecule has 1 fully saturated rings. The van der Waals surface area contributed by atoms with Gasteiger partial charge in [0, 0.05) is 19.6 Å². The molecule has 5 heteroatoms. The number of nitrogens with zero attached hydrogens (tertiary/aromatic N) is 2. The van der Waals surface area contributed by atoms with E-state index in [-0.39, 0.29) is 24.0 Å². The van der Waals surface area contributed by atoms with E-state index in [2.05, 4.69) is 71.6 Å². The third-order valence-corrected chi connectivity index (χ3v) is 5.29. The molecule has 1 saturated carbocycles. The van der Waals surface area contributed by atoms with Crippen LogP contribution in [0, 0.1) is 5.92 Å². The van der Waals surface area contributed by atoms with Gasteiger partial charge in [0.1, 0.15) is 0 Å². The normalized spacial score (nSPS) is 20.4. The van der Waals surface area contributed by atoms with Crippen LogP contribution < -0.4 is 10.6 Å². The second kappa shape index (κ2) is 12.5. The molecule has 3 unspecified atom stereocenters. The lowest BCUT2D eigenvalue weighted by atomic mass is 10.1. The van der Waals surface area contributed by atoms with E-state index in [9.17, 15) is 0 Å². The molecular formula is C21H37IN4. The number of hydrogen-bond acceptors (Lipinski definition) is 2. The molecule has 0 aliphatic heterocycles. The zero-order valence-corrected chi connectivity index (χ0v) is 19.2. The lowest BCUT2D eigenvalue weighted by Gasteiger charge is -2.21. The van der Waals surface area contributed by atoms with Crippen molar-refractivity contribution in [1.29, 1.82) is 0 Å². The summed E-state index contributed by atoms with van der Waals surface area (Å²) in [7, 11) is 1.86. The molecule has 0 saturated heterocycles. The van der Waals surface area contributed by atoms with Gasteiger partial charge in [0.2, 0.25) is 0 Å². The van der Waals surface area contributed by atoms with E-state index in [1.54, 1.807) is 0 Å². The van der Waals surface area contributed by atoms with E-state index in [0.29, 0.717) is 6.04 Å². The van der Waals surface area contributed by atoms with E-state index in [0.717, 1.165) is 37.4 Å². The Bertz CT molecular complexity index is 516. The zero-order chi connectivity index (χ0) is 18.1. The SMILES string of the molecule is CCN(CC)CCCC(C)NC(=NC)NCC1CC1c1ccccc1.I. The molecule has 2 rings (SSSR count). The van der Waals surface area contributed by atoms with Gasteiger partial charge < -0.3 is 15.5 Å². The Hall–Kier alpha value is -0.820. The van der Waals surface area contributed by atoms with Gasteiger partial charge in [0.15, 0.2) is 5.96 Å². The Kier molecular flexibility index (Phi) is 11.2. The summed E-state index contributed by atoms with van der Waals surface area (Å²) in [6.07, 6.45) is 3.69. The van der Waals surface area contributed by atoms with E-state index < -0.39 is 0 Å². The Morgan fingerprint density at radius 2 is 1.92 bits per heavy atom. The Morgan fingerprint density at radius 3 is 2.54 bits per heavy atom. The molecule has 0 aromatic heterocycles. The third kappa shape index (κ3) is 7.82. The number of aliphatic imine (C=N–C) groups is 1. The minimum Gasteiger partial charge on any atom is -0.356 e. The number of hydrogen-bond donors (Lipinski definition) is 2. The van der Waals surface area contributed by atoms with Crippen LogP contribution in [0.3, 0.4) is 0 Å². The van der Waals surface area contributed by atoms with Crippen molar-refractivity contribution in [2.45, 2.75) is 52.0 Å². The second-order valence-electron chi connectivity index (χ2n) is 7.18. The molecule has 0 amide bonds. The van der Waals surface area contributed by atoms with Crippen LogP contribution in [0.15, 0.2) is 35.3 Å². The summed E-state index contributed by atoms with van der Waals surface area (Å²) in [6.45, 7) is 11.2. The molecule has 1 aromatic carbocycles. The van der Waals surface area contributed by atoms with Crippen molar-refractivity contribution in [2.24, 2.45) is 10.9 Å². The van der Waals surface area contributed by atoms with Crippen LogP contribution in [0.4, 0.5) is 0 Å². The fourth-order valence-electron chi connectivity index (χ4n) is 3.47. The summed E-state index contributed by atoms with van der Waals surface area (Å²) in [5.41, 5.74) is 1.47. The third-order valence-electron chi connectivity index (χ3n) is 5.29.